The van der Waals surface area contributed by atoms with E-state index < -0.39 is 15.9 Å². The Bertz CT molecular complexity index is 698. The molecule has 0 aliphatic rings. The van der Waals surface area contributed by atoms with Crippen molar-refractivity contribution in [2.24, 2.45) is 0 Å². The number of hydrogen-bond acceptors (Lipinski definition) is 5. The topological polar surface area (TPSA) is 85.1 Å². The molecule has 0 radical (unpaired) electrons. The molecule has 0 saturated heterocycles. The summed E-state index contributed by atoms with van der Waals surface area (Å²) < 4.78 is 25.7. The Hall–Kier alpha value is -1.44. The molecule has 0 fully saturated rings. The van der Waals surface area contributed by atoms with Gasteiger partial charge in [0.1, 0.15) is 5.69 Å². The summed E-state index contributed by atoms with van der Waals surface area (Å²) in [6, 6.07) is 6.04. The van der Waals surface area contributed by atoms with Crippen molar-refractivity contribution in [1.29, 1.82) is 0 Å². The van der Waals surface area contributed by atoms with Crippen LogP contribution in [0.2, 0.25) is 5.02 Å². The van der Waals surface area contributed by atoms with Gasteiger partial charge < -0.3 is 5.11 Å². The number of aromatic nitrogens is 3. The first kappa shape index (κ1) is 15.9. The molecule has 1 heterocycles. The number of rotatable bonds is 6. The standard InChI is InChI=1S/C13H16ClN3O3S/c1-2-13(18)12-9-17(16-15-12)7-8-21(19,20)11-5-3-10(14)4-6-11/h3-6,9,13,18H,2,7-8H2,1H3. The zero-order valence-corrected chi connectivity index (χ0v) is 13.0. The van der Waals surface area contributed by atoms with Gasteiger partial charge in [-0.3, -0.25) is 4.68 Å². The Balaban J connectivity index is 2.05. The molecular formula is C13H16ClN3O3S. The highest BCUT2D eigenvalue weighted by Crippen LogP contribution is 2.16. The van der Waals surface area contributed by atoms with Crippen molar-refractivity contribution < 1.29 is 13.5 Å². The second-order valence-corrected chi connectivity index (χ2v) is 7.15. The second kappa shape index (κ2) is 6.55. The van der Waals surface area contributed by atoms with E-state index in [0.29, 0.717) is 17.1 Å². The largest absolute Gasteiger partial charge is 0.387 e. The number of benzene rings is 1. The van der Waals surface area contributed by atoms with Gasteiger partial charge in [0.05, 0.1) is 29.5 Å². The van der Waals surface area contributed by atoms with Crippen LogP contribution in [0.5, 0.6) is 0 Å². The molecule has 0 aliphatic heterocycles. The lowest BCUT2D eigenvalue weighted by Gasteiger charge is -2.04. The normalized spacial score (nSPS) is 13.3. The van der Waals surface area contributed by atoms with Crippen molar-refractivity contribution in [2.45, 2.75) is 30.9 Å². The van der Waals surface area contributed by atoms with Gasteiger partial charge >= 0.3 is 0 Å². The van der Waals surface area contributed by atoms with Crippen LogP contribution < -0.4 is 0 Å². The fraction of sp³-hybridized carbons (Fsp3) is 0.385. The van der Waals surface area contributed by atoms with Gasteiger partial charge in [-0.05, 0) is 30.7 Å². The van der Waals surface area contributed by atoms with E-state index in [1.54, 1.807) is 18.3 Å². The van der Waals surface area contributed by atoms with Gasteiger partial charge in [0.2, 0.25) is 0 Å². The van der Waals surface area contributed by atoms with Crippen LogP contribution in [0.4, 0.5) is 0 Å². The first-order valence-electron chi connectivity index (χ1n) is 6.49. The molecule has 0 aliphatic carbocycles. The van der Waals surface area contributed by atoms with Crippen molar-refractivity contribution in [3.05, 3.63) is 41.2 Å². The van der Waals surface area contributed by atoms with Crippen molar-refractivity contribution in [3.63, 3.8) is 0 Å². The number of aliphatic hydroxyl groups is 1. The van der Waals surface area contributed by atoms with Crippen LogP contribution in [0.15, 0.2) is 35.4 Å². The van der Waals surface area contributed by atoms with E-state index in [4.69, 9.17) is 11.6 Å². The van der Waals surface area contributed by atoms with E-state index in [0.717, 1.165) is 0 Å². The summed E-state index contributed by atoms with van der Waals surface area (Å²) in [6.07, 6.45) is 1.42. The molecule has 2 aromatic rings. The number of sulfone groups is 1. The molecule has 6 nitrogen and oxygen atoms in total. The fourth-order valence-electron chi connectivity index (χ4n) is 1.76. The number of aryl methyl sites for hydroxylation is 1. The summed E-state index contributed by atoms with van der Waals surface area (Å²) in [5.41, 5.74) is 0.446. The van der Waals surface area contributed by atoms with Gasteiger partial charge in [0, 0.05) is 5.02 Å². The van der Waals surface area contributed by atoms with E-state index in [1.807, 2.05) is 6.92 Å². The molecule has 0 amide bonds. The van der Waals surface area contributed by atoms with Crippen molar-refractivity contribution in [1.82, 2.24) is 15.0 Å². The third-order valence-corrected chi connectivity index (χ3v) is 5.01. The fourth-order valence-corrected chi connectivity index (χ4v) is 3.10. The molecule has 0 spiro atoms. The molecule has 8 heteroatoms. The first-order valence-corrected chi connectivity index (χ1v) is 8.52. The first-order chi connectivity index (χ1) is 9.92. The second-order valence-electron chi connectivity index (χ2n) is 4.60. The predicted molar refractivity (Wildman–Crippen MR) is 78.8 cm³/mol. The molecule has 1 N–H and O–H groups in total. The van der Waals surface area contributed by atoms with Crippen LogP contribution in [0, 0.1) is 0 Å². The molecule has 21 heavy (non-hydrogen) atoms. The molecule has 1 aromatic carbocycles. The predicted octanol–water partition coefficient (Wildman–Crippen LogP) is 1.85. The Kier molecular flexibility index (Phi) is 4.97. The number of halogens is 1. The number of nitrogens with zero attached hydrogens (tertiary/aromatic N) is 3. The molecule has 0 saturated carbocycles. The highest BCUT2D eigenvalue weighted by atomic mass is 35.5. The average Bonchev–Trinajstić information content (AvgIpc) is 2.94. The zero-order valence-electron chi connectivity index (χ0n) is 11.5. The van der Waals surface area contributed by atoms with Gasteiger partial charge in [-0.1, -0.05) is 23.7 Å². The van der Waals surface area contributed by atoms with Crippen molar-refractivity contribution in [3.8, 4) is 0 Å². The van der Waals surface area contributed by atoms with E-state index in [-0.39, 0.29) is 17.2 Å². The third-order valence-electron chi connectivity index (χ3n) is 3.05. The maximum Gasteiger partial charge on any atom is 0.180 e. The summed E-state index contributed by atoms with van der Waals surface area (Å²) in [7, 11) is -3.40. The summed E-state index contributed by atoms with van der Waals surface area (Å²) in [4.78, 5) is 0.223. The molecule has 0 bridgehead atoms. The summed E-state index contributed by atoms with van der Waals surface area (Å²) in [5.74, 6) is -0.0976. The van der Waals surface area contributed by atoms with E-state index in [2.05, 4.69) is 10.3 Å². The maximum atomic E-state index is 12.2. The summed E-state index contributed by atoms with van der Waals surface area (Å²) in [5, 5.41) is 17.8. The summed E-state index contributed by atoms with van der Waals surface area (Å²) >= 11 is 5.74. The monoisotopic (exact) mass is 329 g/mol. The van der Waals surface area contributed by atoms with Crippen LogP contribution >= 0.6 is 11.6 Å². The molecule has 114 valence electrons. The molecule has 1 aromatic heterocycles. The Morgan fingerprint density at radius 1 is 1.33 bits per heavy atom. The minimum atomic E-state index is -3.40. The van der Waals surface area contributed by atoms with Gasteiger partial charge in [0.15, 0.2) is 9.84 Å². The molecule has 1 atom stereocenters. The van der Waals surface area contributed by atoms with Crippen LogP contribution in [0.25, 0.3) is 0 Å². The highest BCUT2D eigenvalue weighted by Gasteiger charge is 2.16. The van der Waals surface area contributed by atoms with Gasteiger partial charge in [-0.2, -0.15) is 0 Å². The van der Waals surface area contributed by atoms with E-state index in [1.165, 1.54) is 16.8 Å². The lowest BCUT2D eigenvalue weighted by molar-refractivity contribution is 0.168. The van der Waals surface area contributed by atoms with Crippen LogP contribution in [-0.4, -0.2) is 34.3 Å². The Morgan fingerprint density at radius 3 is 2.62 bits per heavy atom. The number of aliphatic hydroxyl groups excluding tert-OH is 1. The zero-order chi connectivity index (χ0) is 15.5. The molecular weight excluding hydrogens is 314 g/mol. The Morgan fingerprint density at radius 2 is 2.00 bits per heavy atom. The average molecular weight is 330 g/mol. The molecule has 1 unspecified atom stereocenters. The quantitative estimate of drug-likeness (QED) is 0.874. The number of hydrogen-bond donors (Lipinski definition) is 1. The lowest BCUT2D eigenvalue weighted by atomic mass is 10.2. The molecule has 2 rings (SSSR count). The van der Waals surface area contributed by atoms with Crippen molar-refractivity contribution >= 4 is 21.4 Å². The van der Waals surface area contributed by atoms with E-state index >= 15 is 0 Å². The van der Waals surface area contributed by atoms with Crippen molar-refractivity contribution in [2.75, 3.05) is 5.75 Å². The lowest BCUT2D eigenvalue weighted by Crippen LogP contribution is -2.13. The third kappa shape index (κ3) is 4.03. The van der Waals surface area contributed by atoms with Crippen LogP contribution in [0.1, 0.15) is 25.1 Å². The summed E-state index contributed by atoms with van der Waals surface area (Å²) in [6.45, 7) is 2.00. The SMILES string of the molecule is CCC(O)c1cn(CCS(=O)(=O)c2ccc(Cl)cc2)nn1. The van der Waals surface area contributed by atoms with Crippen LogP contribution in [0.3, 0.4) is 0 Å². The van der Waals surface area contributed by atoms with Gasteiger partial charge in [-0.25, -0.2) is 8.42 Å². The smallest absolute Gasteiger partial charge is 0.180 e. The highest BCUT2D eigenvalue weighted by molar-refractivity contribution is 7.91. The Labute approximate surface area is 128 Å². The van der Waals surface area contributed by atoms with Gasteiger partial charge in [0.25, 0.3) is 0 Å². The van der Waals surface area contributed by atoms with Gasteiger partial charge in [-0.15, -0.1) is 5.10 Å². The maximum absolute atomic E-state index is 12.2. The van der Waals surface area contributed by atoms with Crippen LogP contribution in [-0.2, 0) is 16.4 Å². The van der Waals surface area contributed by atoms with E-state index in [9.17, 15) is 13.5 Å². The minimum Gasteiger partial charge on any atom is -0.387 e. The minimum absolute atomic E-state index is 0.0976.